The van der Waals surface area contributed by atoms with Crippen LogP contribution in [0, 0.1) is 0 Å². The summed E-state index contributed by atoms with van der Waals surface area (Å²) in [6, 6.07) is 8.19. The first-order valence-electron chi connectivity index (χ1n) is 9.69. The number of benzene rings is 1. The highest BCUT2D eigenvalue weighted by molar-refractivity contribution is 7.07. The molecule has 0 fully saturated rings. The van der Waals surface area contributed by atoms with E-state index in [9.17, 15) is 9.59 Å². The average molecular weight is 438 g/mol. The van der Waals surface area contributed by atoms with E-state index >= 15 is 0 Å². The van der Waals surface area contributed by atoms with Gasteiger partial charge in [-0.25, -0.2) is 9.79 Å². The van der Waals surface area contributed by atoms with Gasteiger partial charge in [0.05, 0.1) is 34.7 Å². The SMILES string of the molecule is CCOC(=O)C1=C(C)N=c2s/c(=C\c3ccco3)c(=O)n2[C@@H]1c1ccc2c(c1)OCO2. The lowest BCUT2D eigenvalue weighted by atomic mass is 9.95. The number of esters is 1. The zero-order chi connectivity index (χ0) is 21.5. The van der Waals surface area contributed by atoms with Crippen molar-refractivity contribution in [1.29, 1.82) is 0 Å². The molecule has 3 aromatic rings. The fraction of sp³-hybridized carbons (Fsp3) is 0.227. The van der Waals surface area contributed by atoms with E-state index < -0.39 is 12.0 Å². The molecule has 0 unspecified atom stereocenters. The number of hydrogen-bond donors (Lipinski definition) is 0. The third-order valence-electron chi connectivity index (χ3n) is 5.05. The van der Waals surface area contributed by atoms with Crippen molar-refractivity contribution in [1.82, 2.24) is 4.57 Å². The summed E-state index contributed by atoms with van der Waals surface area (Å²) in [5.74, 6) is 1.23. The van der Waals surface area contributed by atoms with Crippen molar-refractivity contribution in [3.05, 3.63) is 78.9 Å². The highest BCUT2D eigenvalue weighted by Crippen LogP contribution is 2.38. The van der Waals surface area contributed by atoms with Gasteiger partial charge in [-0.15, -0.1) is 0 Å². The summed E-state index contributed by atoms with van der Waals surface area (Å²) in [5.41, 5.74) is 1.26. The Morgan fingerprint density at radius 1 is 1.32 bits per heavy atom. The summed E-state index contributed by atoms with van der Waals surface area (Å²) < 4.78 is 23.5. The van der Waals surface area contributed by atoms with Crippen LogP contribution in [0.15, 0.2) is 62.1 Å². The monoisotopic (exact) mass is 438 g/mol. The first kappa shape index (κ1) is 19.4. The van der Waals surface area contributed by atoms with Crippen LogP contribution in [-0.4, -0.2) is 23.9 Å². The molecule has 0 radical (unpaired) electrons. The van der Waals surface area contributed by atoms with Crippen molar-refractivity contribution in [2.45, 2.75) is 19.9 Å². The summed E-state index contributed by atoms with van der Waals surface area (Å²) >= 11 is 1.24. The zero-order valence-corrected chi connectivity index (χ0v) is 17.6. The van der Waals surface area contributed by atoms with Crippen LogP contribution in [0.1, 0.15) is 31.2 Å². The molecule has 1 atom stereocenters. The maximum atomic E-state index is 13.4. The molecular formula is C22H18N2O6S. The maximum absolute atomic E-state index is 13.4. The van der Waals surface area contributed by atoms with E-state index in [1.165, 1.54) is 15.9 Å². The second-order valence-corrected chi connectivity index (χ2v) is 7.94. The van der Waals surface area contributed by atoms with Gasteiger partial charge in [0.2, 0.25) is 6.79 Å². The van der Waals surface area contributed by atoms with Crippen LogP contribution >= 0.6 is 11.3 Å². The normalized spacial score (nSPS) is 17.5. The highest BCUT2D eigenvalue weighted by atomic mass is 32.1. The van der Waals surface area contributed by atoms with Crippen molar-refractivity contribution in [2.24, 2.45) is 4.99 Å². The van der Waals surface area contributed by atoms with Gasteiger partial charge in [-0.3, -0.25) is 9.36 Å². The number of hydrogen-bond acceptors (Lipinski definition) is 8. The van der Waals surface area contributed by atoms with Gasteiger partial charge in [0.1, 0.15) is 5.76 Å². The van der Waals surface area contributed by atoms with E-state index in [2.05, 4.69) is 4.99 Å². The average Bonchev–Trinajstić information content (AvgIpc) is 3.48. The van der Waals surface area contributed by atoms with E-state index in [0.29, 0.717) is 43.4 Å². The fourth-order valence-electron chi connectivity index (χ4n) is 3.69. The number of carbonyl (C=O) groups is 1. The van der Waals surface area contributed by atoms with Crippen molar-refractivity contribution in [3.63, 3.8) is 0 Å². The Morgan fingerprint density at radius 2 is 2.16 bits per heavy atom. The summed E-state index contributed by atoms with van der Waals surface area (Å²) in [7, 11) is 0. The number of nitrogens with zero attached hydrogens (tertiary/aromatic N) is 2. The lowest BCUT2D eigenvalue weighted by Gasteiger charge is -2.24. The highest BCUT2D eigenvalue weighted by Gasteiger charge is 2.34. The van der Waals surface area contributed by atoms with E-state index in [1.54, 1.807) is 50.5 Å². The number of rotatable bonds is 4. The standard InChI is InChI=1S/C22H18N2O6S/c1-3-27-21(26)18-12(2)23-22-24(20(25)17(31-22)10-14-5-4-8-28-14)19(18)13-6-7-15-16(9-13)30-11-29-15/h4-10,19H,3,11H2,1-2H3/b17-10-/t19-/m1/s1. The van der Waals surface area contributed by atoms with Crippen LogP contribution in [0.5, 0.6) is 11.5 Å². The van der Waals surface area contributed by atoms with E-state index in [1.807, 2.05) is 6.07 Å². The minimum absolute atomic E-state index is 0.129. The third-order valence-corrected chi connectivity index (χ3v) is 6.03. The van der Waals surface area contributed by atoms with Crippen LogP contribution in [0.4, 0.5) is 0 Å². The minimum Gasteiger partial charge on any atom is -0.465 e. The quantitative estimate of drug-likeness (QED) is 0.580. The van der Waals surface area contributed by atoms with E-state index in [-0.39, 0.29) is 19.0 Å². The lowest BCUT2D eigenvalue weighted by Crippen LogP contribution is -2.39. The van der Waals surface area contributed by atoms with Gasteiger partial charge in [0.15, 0.2) is 16.3 Å². The van der Waals surface area contributed by atoms with Gasteiger partial charge in [-0.1, -0.05) is 17.4 Å². The minimum atomic E-state index is -0.705. The zero-order valence-electron chi connectivity index (χ0n) is 16.8. The molecule has 4 heterocycles. The number of furan rings is 1. The fourth-order valence-corrected chi connectivity index (χ4v) is 4.72. The number of ether oxygens (including phenoxy) is 3. The molecule has 2 aliphatic rings. The number of aromatic nitrogens is 1. The topological polar surface area (TPSA) is 92.3 Å². The predicted molar refractivity (Wildman–Crippen MR) is 112 cm³/mol. The summed E-state index contributed by atoms with van der Waals surface area (Å²) in [4.78, 5) is 31.3. The van der Waals surface area contributed by atoms with Gasteiger partial charge >= 0.3 is 5.97 Å². The molecule has 0 N–H and O–H groups in total. The van der Waals surface area contributed by atoms with Crippen molar-refractivity contribution >= 4 is 23.4 Å². The smallest absolute Gasteiger partial charge is 0.338 e. The number of thiazole rings is 1. The molecule has 9 heteroatoms. The number of allylic oxidation sites excluding steroid dienone is 1. The molecule has 8 nitrogen and oxygen atoms in total. The number of fused-ring (bicyclic) bond motifs is 2. The molecule has 2 aromatic heterocycles. The van der Waals surface area contributed by atoms with Crippen LogP contribution < -0.4 is 24.4 Å². The summed E-state index contributed by atoms with van der Waals surface area (Å²) in [6.07, 6.45) is 3.21. The Labute approximate surface area is 180 Å². The van der Waals surface area contributed by atoms with E-state index in [4.69, 9.17) is 18.6 Å². The molecule has 0 bridgehead atoms. The van der Waals surface area contributed by atoms with Crippen LogP contribution in [0.25, 0.3) is 6.08 Å². The van der Waals surface area contributed by atoms with Crippen LogP contribution in [0.2, 0.25) is 0 Å². The molecule has 0 spiro atoms. The molecule has 158 valence electrons. The lowest BCUT2D eigenvalue weighted by molar-refractivity contribution is -0.139. The summed E-state index contributed by atoms with van der Waals surface area (Å²) in [5, 5.41) is 0. The Bertz CT molecular complexity index is 1380. The third kappa shape index (κ3) is 3.27. The van der Waals surface area contributed by atoms with Gasteiger partial charge in [0.25, 0.3) is 5.56 Å². The Balaban J connectivity index is 1.74. The van der Waals surface area contributed by atoms with Crippen molar-refractivity contribution in [2.75, 3.05) is 13.4 Å². The Morgan fingerprint density at radius 3 is 2.94 bits per heavy atom. The molecule has 31 heavy (non-hydrogen) atoms. The number of carbonyl (C=O) groups excluding carboxylic acids is 1. The molecule has 5 rings (SSSR count). The molecule has 0 saturated carbocycles. The molecule has 0 amide bonds. The van der Waals surface area contributed by atoms with Gasteiger partial charge < -0.3 is 18.6 Å². The molecule has 1 aromatic carbocycles. The van der Waals surface area contributed by atoms with Crippen molar-refractivity contribution < 1.29 is 23.4 Å². The largest absolute Gasteiger partial charge is 0.465 e. The molecule has 0 saturated heterocycles. The molecular weight excluding hydrogens is 420 g/mol. The van der Waals surface area contributed by atoms with Gasteiger partial charge in [-0.05, 0) is 43.7 Å². The second kappa shape index (κ2) is 7.59. The Hall–Kier alpha value is -3.59. The Kier molecular flexibility index (Phi) is 4.74. The van der Waals surface area contributed by atoms with Crippen LogP contribution in [0.3, 0.4) is 0 Å². The van der Waals surface area contributed by atoms with Crippen molar-refractivity contribution in [3.8, 4) is 11.5 Å². The van der Waals surface area contributed by atoms with Crippen LogP contribution in [-0.2, 0) is 9.53 Å². The second-order valence-electron chi connectivity index (χ2n) is 6.93. The van der Waals surface area contributed by atoms with Gasteiger partial charge in [-0.2, -0.15) is 0 Å². The molecule has 2 aliphatic heterocycles. The van der Waals surface area contributed by atoms with E-state index in [0.717, 1.165) is 0 Å². The first-order chi connectivity index (χ1) is 15.1. The first-order valence-corrected chi connectivity index (χ1v) is 10.5. The summed E-state index contributed by atoms with van der Waals surface area (Å²) in [6.45, 7) is 3.83. The molecule has 0 aliphatic carbocycles. The van der Waals surface area contributed by atoms with Gasteiger partial charge in [0, 0.05) is 6.08 Å². The predicted octanol–water partition coefficient (Wildman–Crippen LogP) is 2.12. The maximum Gasteiger partial charge on any atom is 0.338 e.